The monoisotopic (exact) mass is 310 g/mol. The summed E-state index contributed by atoms with van der Waals surface area (Å²) in [5, 5.41) is 6.04. The molecule has 5 heteroatoms. The van der Waals surface area contributed by atoms with Gasteiger partial charge in [-0.3, -0.25) is 9.59 Å². The van der Waals surface area contributed by atoms with Crippen LogP contribution in [0.4, 0.5) is 0 Å². The van der Waals surface area contributed by atoms with Crippen molar-refractivity contribution in [2.24, 2.45) is 5.92 Å². The molecule has 0 radical (unpaired) electrons. The molecule has 1 aromatic carbocycles. The van der Waals surface area contributed by atoms with Crippen LogP contribution in [0.25, 0.3) is 0 Å². The Kier molecular flexibility index (Phi) is 6.69. The van der Waals surface area contributed by atoms with Gasteiger partial charge in [0.05, 0.1) is 10.6 Å². The van der Waals surface area contributed by atoms with Gasteiger partial charge < -0.3 is 10.6 Å². The first kappa shape index (κ1) is 17.5. The van der Waals surface area contributed by atoms with Gasteiger partial charge in [-0.25, -0.2) is 0 Å². The van der Waals surface area contributed by atoms with E-state index in [9.17, 15) is 9.59 Å². The number of carbonyl (C=O) groups excluding carboxylic acids is 2. The smallest absolute Gasteiger partial charge is 0.253 e. The SMILES string of the molecule is CC[C@H](C)NC(=O)[C@@H](NC(=O)c1ccccc1Cl)C(C)C. The summed E-state index contributed by atoms with van der Waals surface area (Å²) in [4.78, 5) is 24.5. The quantitative estimate of drug-likeness (QED) is 0.848. The lowest BCUT2D eigenvalue weighted by Gasteiger charge is -2.23. The number of carbonyl (C=O) groups is 2. The topological polar surface area (TPSA) is 58.2 Å². The summed E-state index contributed by atoms with van der Waals surface area (Å²) in [6.45, 7) is 7.73. The molecule has 0 unspecified atom stereocenters. The summed E-state index contributed by atoms with van der Waals surface area (Å²) < 4.78 is 0. The normalized spacial score (nSPS) is 13.6. The van der Waals surface area contributed by atoms with E-state index in [0.717, 1.165) is 6.42 Å². The fourth-order valence-corrected chi connectivity index (χ4v) is 2.06. The number of rotatable bonds is 6. The van der Waals surface area contributed by atoms with E-state index in [1.54, 1.807) is 24.3 Å². The molecule has 0 bridgehead atoms. The lowest BCUT2D eigenvalue weighted by molar-refractivity contribution is -0.124. The zero-order chi connectivity index (χ0) is 16.0. The van der Waals surface area contributed by atoms with Gasteiger partial charge in [0.2, 0.25) is 5.91 Å². The highest BCUT2D eigenvalue weighted by atomic mass is 35.5. The summed E-state index contributed by atoms with van der Waals surface area (Å²) >= 11 is 6.01. The van der Waals surface area contributed by atoms with Crippen molar-refractivity contribution in [3.05, 3.63) is 34.9 Å². The fourth-order valence-electron chi connectivity index (χ4n) is 1.83. The highest BCUT2D eigenvalue weighted by Crippen LogP contribution is 2.15. The van der Waals surface area contributed by atoms with E-state index in [1.807, 2.05) is 27.7 Å². The van der Waals surface area contributed by atoms with E-state index >= 15 is 0 Å². The Morgan fingerprint density at radius 1 is 1.14 bits per heavy atom. The van der Waals surface area contributed by atoms with Crippen molar-refractivity contribution in [1.82, 2.24) is 10.6 Å². The second kappa shape index (κ2) is 8.03. The van der Waals surface area contributed by atoms with Crippen molar-refractivity contribution in [3.8, 4) is 0 Å². The van der Waals surface area contributed by atoms with Crippen molar-refractivity contribution in [3.63, 3.8) is 0 Å². The largest absolute Gasteiger partial charge is 0.352 e. The van der Waals surface area contributed by atoms with E-state index in [1.165, 1.54) is 0 Å². The number of nitrogens with one attached hydrogen (secondary N) is 2. The van der Waals surface area contributed by atoms with Gasteiger partial charge in [0, 0.05) is 6.04 Å². The van der Waals surface area contributed by atoms with Crippen molar-refractivity contribution < 1.29 is 9.59 Å². The maximum Gasteiger partial charge on any atom is 0.253 e. The van der Waals surface area contributed by atoms with Gasteiger partial charge in [0.25, 0.3) is 5.91 Å². The van der Waals surface area contributed by atoms with Gasteiger partial charge in [0.15, 0.2) is 0 Å². The predicted octanol–water partition coefficient (Wildman–Crippen LogP) is 3.01. The van der Waals surface area contributed by atoms with Crippen LogP contribution >= 0.6 is 11.6 Å². The molecule has 0 aliphatic rings. The lowest BCUT2D eigenvalue weighted by Crippen LogP contribution is -2.51. The zero-order valence-electron chi connectivity index (χ0n) is 12.9. The molecule has 0 heterocycles. The van der Waals surface area contributed by atoms with E-state index < -0.39 is 6.04 Å². The molecule has 0 saturated heterocycles. The predicted molar refractivity (Wildman–Crippen MR) is 85.4 cm³/mol. The molecule has 1 rings (SSSR count). The molecule has 0 saturated carbocycles. The number of hydrogen-bond donors (Lipinski definition) is 2. The van der Waals surface area contributed by atoms with Crippen LogP contribution in [0.2, 0.25) is 5.02 Å². The van der Waals surface area contributed by atoms with Crippen LogP contribution in [0.15, 0.2) is 24.3 Å². The number of benzene rings is 1. The van der Waals surface area contributed by atoms with Crippen LogP contribution in [0.3, 0.4) is 0 Å². The second-order valence-electron chi connectivity index (χ2n) is 5.49. The molecule has 0 aromatic heterocycles. The van der Waals surface area contributed by atoms with E-state index in [-0.39, 0.29) is 23.8 Å². The first-order valence-electron chi connectivity index (χ1n) is 7.22. The van der Waals surface area contributed by atoms with Crippen molar-refractivity contribution in [2.75, 3.05) is 0 Å². The molecule has 0 spiro atoms. The third kappa shape index (κ3) is 5.05. The van der Waals surface area contributed by atoms with Gasteiger partial charge in [0.1, 0.15) is 6.04 Å². The Morgan fingerprint density at radius 2 is 1.76 bits per heavy atom. The second-order valence-corrected chi connectivity index (χ2v) is 5.90. The fraction of sp³-hybridized carbons (Fsp3) is 0.500. The van der Waals surface area contributed by atoms with E-state index in [4.69, 9.17) is 11.6 Å². The molecule has 2 amide bonds. The number of hydrogen-bond acceptors (Lipinski definition) is 2. The molecule has 4 nitrogen and oxygen atoms in total. The summed E-state index contributed by atoms with van der Waals surface area (Å²) in [6.07, 6.45) is 0.842. The minimum atomic E-state index is -0.581. The van der Waals surface area contributed by atoms with Crippen molar-refractivity contribution in [1.29, 1.82) is 0 Å². The maximum absolute atomic E-state index is 12.3. The third-order valence-corrected chi connectivity index (χ3v) is 3.68. The standard InChI is InChI=1S/C16H23ClN2O2/c1-5-11(4)18-16(21)14(10(2)3)19-15(20)12-8-6-7-9-13(12)17/h6-11,14H,5H2,1-4H3,(H,18,21)(H,19,20)/t11-,14-/m0/s1. The lowest BCUT2D eigenvalue weighted by atomic mass is 10.0. The van der Waals surface area contributed by atoms with Gasteiger partial charge in [-0.05, 0) is 31.4 Å². The van der Waals surface area contributed by atoms with Crippen LogP contribution in [0.1, 0.15) is 44.5 Å². The highest BCUT2D eigenvalue weighted by molar-refractivity contribution is 6.33. The highest BCUT2D eigenvalue weighted by Gasteiger charge is 2.25. The molecule has 2 atom stereocenters. The van der Waals surface area contributed by atoms with Crippen LogP contribution in [-0.4, -0.2) is 23.9 Å². The maximum atomic E-state index is 12.3. The minimum Gasteiger partial charge on any atom is -0.352 e. The van der Waals surface area contributed by atoms with Gasteiger partial charge >= 0.3 is 0 Å². The Balaban J connectivity index is 2.82. The van der Waals surface area contributed by atoms with Gasteiger partial charge in [-0.2, -0.15) is 0 Å². The Bertz CT molecular complexity index is 503. The number of halogens is 1. The Hall–Kier alpha value is -1.55. The third-order valence-electron chi connectivity index (χ3n) is 3.36. The Morgan fingerprint density at radius 3 is 2.29 bits per heavy atom. The zero-order valence-corrected chi connectivity index (χ0v) is 13.7. The molecule has 2 N–H and O–H groups in total. The molecule has 0 aliphatic carbocycles. The molecule has 0 fully saturated rings. The first-order valence-corrected chi connectivity index (χ1v) is 7.60. The van der Waals surface area contributed by atoms with Crippen LogP contribution in [-0.2, 0) is 4.79 Å². The van der Waals surface area contributed by atoms with Crippen molar-refractivity contribution >= 4 is 23.4 Å². The molecule has 116 valence electrons. The molecule has 21 heavy (non-hydrogen) atoms. The van der Waals surface area contributed by atoms with Crippen molar-refractivity contribution in [2.45, 2.75) is 46.2 Å². The van der Waals surface area contributed by atoms with Gasteiger partial charge in [-0.1, -0.05) is 44.5 Å². The molecule has 1 aromatic rings. The summed E-state index contributed by atoms with van der Waals surface area (Å²) in [5.74, 6) is -0.515. The summed E-state index contributed by atoms with van der Waals surface area (Å²) in [7, 11) is 0. The minimum absolute atomic E-state index is 0.0134. The van der Waals surface area contributed by atoms with Crippen LogP contribution < -0.4 is 10.6 Å². The van der Waals surface area contributed by atoms with E-state index in [2.05, 4.69) is 10.6 Å². The summed E-state index contributed by atoms with van der Waals surface area (Å²) in [5.41, 5.74) is 0.376. The molecular formula is C16H23ClN2O2. The first-order chi connectivity index (χ1) is 9.86. The van der Waals surface area contributed by atoms with Gasteiger partial charge in [-0.15, -0.1) is 0 Å². The average molecular weight is 311 g/mol. The van der Waals surface area contributed by atoms with Crippen LogP contribution in [0, 0.1) is 5.92 Å². The number of amides is 2. The molecule has 0 aliphatic heterocycles. The van der Waals surface area contributed by atoms with Crippen LogP contribution in [0.5, 0.6) is 0 Å². The average Bonchev–Trinajstić information content (AvgIpc) is 2.44. The Labute approximate surface area is 131 Å². The van der Waals surface area contributed by atoms with E-state index in [0.29, 0.717) is 10.6 Å². The summed E-state index contributed by atoms with van der Waals surface area (Å²) in [6, 6.07) is 6.29. The molecular weight excluding hydrogens is 288 g/mol.